The van der Waals surface area contributed by atoms with Crippen LogP contribution in [0.2, 0.25) is 0 Å². The summed E-state index contributed by atoms with van der Waals surface area (Å²) in [6.45, 7) is 1.53. The predicted octanol–water partition coefficient (Wildman–Crippen LogP) is 3.77. The second-order valence-corrected chi connectivity index (χ2v) is 8.17. The molecule has 29 heavy (non-hydrogen) atoms. The van der Waals surface area contributed by atoms with Crippen LogP contribution in [0.4, 0.5) is 0 Å². The maximum absolute atomic E-state index is 13.0. The van der Waals surface area contributed by atoms with Gasteiger partial charge in [0.25, 0.3) is 5.91 Å². The quantitative estimate of drug-likeness (QED) is 0.679. The van der Waals surface area contributed by atoms with Crippen molar-refractivity contribution in [2.24, 2.45) is 0 Å². The largest absolute Gasteiger partial charge is 0.341 e. The zero-order chi connectivity index (χ0) is 20.1. The van der Waals surface area contributed by atoms with E-state index in [1.807, 2.05) is 65.6 Å². The molecule has 2 heterocycles. The Kier molecular flexibility index (Phi) is 6.00. The summed E-state index contributed by atoms with van der Waals surface area (Å²) in [5.41, 5.74) is 2.00. The highest BCUT2D eigenvalue weighted by Crippen LogP contribution is 2.25. The minimum Gasteiger partial charge on any atom is -0.341 e. The van der Waals surface area contributed by atoms with E-state index in [2.05, 4.69) is 10.3 Å². The lowest BCUT2D eigenvalue weighted by Gasteiger charge is -2.24. The molecule has 1 N–H and O–H groups in total. The minimum atomic E-state index is -0.578. The van der Waals surface area contributed by atoms with Crippen molar-refractivity contribution in [2.45, 2.75) is 25.3 Å². The molecule has 1 saturated heterocycles. The summed E-state index contributed by atoms with van der Waals surface area (Å²) < 4.78 is 0. The van der Waals surface area contributed by atoms with Crippen molar-refractivity contribution in [1.29, 1.82) is 0 Å². The van der Waals surface area contributed by atoms with E-state index in [1.165, 1.54) is 11.3 Å². The Hall–Kier alpha value is -2.99. The van der Waals surface area contributed by atoms with Crippen molar-refractivity contribution in [3.8, 4) is 10.6 Å². The van der Waals surface area contributed by atoms with Crippen molar-refractivity contribution in [3.63, 3.8) is 0 Å². The van der Waals surface area contributed by atoms with Crippen LogP contribution < -0.4 is 5.32 Å². The fraction of sp³-hybridized carbons (Fsp3) is 0.261. The average Bonchev–Trinajstić information content (AvgIpc) is 3.46. The number of rotatable bonds is 6. The van der Waals surface area contributed by atoms with E-state index in [0.29, 0.717) is 11.3 Å². The fourth-order valence-electron chi connectivity index (χ4n) is 3.53. The number of aromatic nitrogens is 1. The van der Waals surface area contributed by atoms with E-state index in [9.17, 15) is 9.59 Å². The van der Waals surface area contributed by atoms with Crippen molar-refractivity contribution in [2.75, 3.05) is 13.1 Å². The molecular weight excluding hydrogens is 382 g/mol. The Bertz CT molecular complexity index is 966. The van der Waals surface area contributed by atoms with Crippen LogP contribution in [-0.4, -0.2) is 40.8 Å². The van der Waals surface area contributed by atoms with Crippen molar-refractivity contribution >= 4 is 23.2 Å². The number of likely N-dealkylation sites (tertiary alicyclic amines) is 1. The maximum Gasteiger partial charge on any atom is 0.263 e. The first-order chi connectivity index (χ1) is 14.2. The second kappa shape index (κ2) is 9.01. The molecule has 0 spiro atoms. The average molecular weight is 406 g/mol. The molecule has 0 aliphatic carbocycles. The van der Waals surface area contributed by atoms with Gasteiger partial charge in [0, 0.05) is 25.1 Å². The van der Waals surface area contributed by atoms with Gasteiger partial charge < -0.3 is 10.2 Å². The number of carbonyl (C=O) groups excluding carboxylic acids is 2. The zero-order valence-electron chi connectivity index (χ0n) is 16.1. The summed E-state index contributed by atoms with van der Waals surface area (Å²) in [5.74, 6) is -0.259. The number of thiazole rings is 1. The molecule has 1 aliphatic heterocycles. The lowest BCUT2D eigenvalue weighted by Crippen LogP contribution is -2.48. The summed E-state index contributed by atoms with van der Waals surface area (Å²) >= 11 is 1.34. The van der Waals surface area contributed by atoms with E-state index in [4.69, 9.17) is 0 Å². The topological polar surface area (TPSA) is 62.3 Å². The van der Waals surface area contributed by atoms with E-state index in [-0.39, 0.29) is 11.8 Å². The highest BCUT2D eigenvalue weighted by molar-refractivity contribution is 7.16. The van der Waals surface area contributed by atoms with Gasteiger partial charge in [0.1, 0.15) is 15.9 Å². The van der Waals surface area contributed by atoms with Crippen LogP contribution in [0.15, 0.2) is 66.9 Å². The lowest BCUT2D eigenvalue weighted by atomic mass is 10.0. The Labute approximate surface area is 174 Å². The van der Waals surface area contributed by atoms with Crippen LogP contribution in [0.5, 0.6) is 0 Å². The van der Waals surface area contributed by atoms with E-state index in [1.54, 1.807) is 6.20 Å². The van der Waals surface area contributed by atoms with Gasteiger partial charge >= 0.3 is 0 Å². The molecule has 3 aromatic rings. The van der Waals surface area contributed by atoms with Crippen LogP contribution in [0, 0.1) is 0 Å². The van der Waals surface area contributed by atoms with E-state index in [0.717, 1.165) is 42.1 Å². The maximum atomic E-state index is 13.0. The lowest BCUT2D eigenvalue weighted by molar-refractivity contribution is -0.132. The Morgan fingerprint density at radius 1 is 1.00 bits per heavy atom. The summed E-state index contributed by atoms with van der Waals surface area (Å²) in [5, 5.41) is 3.76. The molecule has 2 amide bonds. The number of nitrogens with one attached hydrogen (secondary N) is 1. The first-order valence-electron chi connectivity index (χ1n) is 9.85. The van der Waals surface area contributed by atoms with Crippen LogP contribution in [0.25, 0.3) is 10.6 Å². The van der Waals surface area contributed by atoms with Gasteiger partial charge in [0.05, 0.1) is 6.20 Å². The molecule has 1 aromatic heterocycles. The third kappa shape index (κ3) is 4.71. The first-order valence-corrected chi connectivity index (χ1v) is 10.7. The van der Waals surface area contributed by atoms with Crippen molar-refractivity contribution in [1.82, 2.24) is 15.2 Å². The number of benzene rings is 2. The Morgan fingerprint density at radius 2 is 1.66 bits per heavy atom. The van der Waals surface area contributed by atoms with Crippen molar-refractivity contribution in [3.05, 3.63) is 77.3 Å². The molecule has 0 radical (unpaired) electrons. The molecule has 4 rings (SSSR count). The third-order valence-corrected chi connectivity index (χ3v) is 6.10. The van der Waals surface area contributed by atoms with Crippen LogP contribution in [0.1, 0.15) is 28.1 Å². The van der Waals surface area contributed by atoms with Gasteiger partial charge in [-0.1, -0.05) is 60.7 Å². The molecule has 148 valence electrons. The third-order valence-electron chi connectivity index (χ3n) is 5.05. The van der Waals surface area contributed by atoms with Crippen LogP contribution >= 0.6 is 11.3 Å². The summed E-state index contributed by atoms with van der Waals surface area (Å²) in [6.07, 6.45) is 4.11. The molecular formula is C23H23N3O2S. The molecule has 6 heteroatoms. The molecule has 5 nitrogen and oxygen atoms in total. The summed E-state index contributed by atoms with van der Waals surface area (Å²) in [7, 11) is 0. The Balaban J connectivity index is 1.51. The molecule has 0 bridgehead atoms. The number of hydrogen-bond donors (Lipinski definition) is 1. The number of carbonyl (C=O) groups is 2. The SMILES string of the molecule is O=C(NC(Cc1ccccc1)C(=O)N1CCCC1)c1cnc(-c2ccccc2)s1. The van der Waals surface area contributed by atoms with Gasteiger partial charge in [-0.05, 0) is 18.4 Å². The fourth-order valence-corrected chi connectivity index (χ4v) is 4.36. The number of nitrogens with zero attached hydrogens (tertiary/aromatic N) is 2. The standard InChI is InChI=1S/C23H23N3O2S/c27-21(20-16-24-22(29-20)18-11-5-2-6-12-18)25-19(15-17-9-3-1-4-10-17)23(28)26-13-7-8-14-26/h1-6,9-12,16,19H,7-8,13-15H2,(H,25,27). The summed E-state index contributed by atoms with van der Waals surface area (Å²) in [6, 6.07) is 19.0. The molecule has 1 fully saturated rings. The van der Waals surface area contributed by atoms with Gasteiger partial charge in [-0.25, -0.2) is 4.98 Å². The molecule has 1 atom stereocenters. The molecule has 1 unspecified atom stereocenters. The number of amides is 2. The van der Waals surface area contributed by atoms with Gasteiger partial charge in [0.15, 0.2) is 0 Å². The first kappa shape index (κ1) is 19.3. The van der Waals surface area contributed by atoms with Gasteiger partial charge in [-0.15, -0.1) is 11.3 Å². The van der Waals surface area contributed by atoms with Crippen LogP contribution in [0.3, 0.4) is 0 Å². The van der Waals surface area contributed by atoms with E-state index >= 15 is 0 Å². The van der Waals surface area contributed by atoms with Crippen molar-refractivity contribution < 1.29 is 9.59 Å². The molecule has 1 aliphatic rings. The molecule has 0 saturated carbocycles. The van der Waals surface area contributed by atoms with Gasteiger partial charge in [0.2, 0.25) is 5.91 Å². The van der Waals surface area contributed by atoms with Gasteiger partial charge in [-0.2, -0.15) is 0 Å². The normalized spacial score (nSPS) is 14.6. The zero-order valence-corrected chi connectivity index (χ0v) is 16.9. The van der Waals surface area contributed by atoms with Crippen LogP contribution in [-0.2, 0) is 11.2 Å². The highest BCUT2D eigenvalue weighted by Gasteiger charge is 2.28. The van der Waals surface area contributed by atoms with Gasteiger partial charge in [-0.3, -0.25) is 9.59 Å². The second-order valence-electron chi connectivity index (χ2n) is 7.14. The minimum absolute atomic E-state index is 0.00694. The molecule has 2 aromatic carbocycles. The summed E-state index contributed by atoms with van der Waals surface area (Å²) in [4.78, 5) is 32.7. The smallest absolute Gasteiger partial charge is 0.263 e. The highest BCUT2D eigenvalue weighted by atomic mass is 32.1. The Morgan fingerprint density at radius 3 is 2.34 bits per heavy atom. The van der Waals surface area contributed by atoms with E-state index < -0.39 is 6.04 Å². The predicted molar refractivity (Wildman–Crippen MR) is 115 cm³/mol. The monoisotopic (exact) mass is 405 g/mol. The number of hydrogen-bond acceptors (Lipinski definition) is 4.